The molecule has 3 aromatic carbocycles. The topological polar surface area (TPSA) is 27.7 Å². The summed E-state index contributed by atoms with van der Waals surface area (Å²) in [6, 6.07) is 31.9. The zero-order valence-electron chi connectivity index (χ0n) is 14.6. The molecule has 6 heteroatoms. The zero-order valence-corrected chi connectivity index (χ0v) is 17.6. The van der Waals surface area contributed by atoms with Crippen LogP contribution in [0.4, 0.5) is 0 Å². The molecule has 1 saturated heterocycles. The van der Waals surface area contributed by atoms with E-state index in [0.717, 1.165) is 16.4 Å². The Balaban J connectivity index is 1.76. The van der Waals surface area contributed by atoms with Crippen LogP contribution in [0.15, 0.2) is 91.0 Å². The SMILES string of the molecule is CC[Si]1(c2ccccc2)O[Si](c2ccccc2)O[Si](c2ccccc2)O1. The van der Waals surface area contributed by atoms with Crippen LogP contribution in [0.3, 0.4) is 0 Å². The molecule has 1 heterocycles. The van der Waals surface area contributed by atoms with Crippen molar-refractivity contribution in [2.75, 3.05) is 0 Å². The van der Waals surface area contributed by atoms with Crippen molar-refractivity contribution in [3.05, 3.63) is 91.0 Å². The zero-order chi connectivity index (χ0) is 17.8. The summed E-state index contributed by atoms with van der Waals surface area (Å²) in [5, 5.41) is 3.46. The fraction of sp³-hybridized carbons (Fsp3) is 0.100. The average molecular weight is 393 g/mol. The predicted octanol–water partition coefficient (Wildman–Crippen LogP) is 2.21. The van der Waals surface area contributed by atoms with E-state index in [1.54, 1.807) is 0 Å². The lowest BCUT2D eigenvalue weighted by molar-refractivity contribution is 0.284. The third-order valence-corrected chi connectivity index (χ3v) is 13.8. The van der Waals surface area contributed by atoms with Crippen LogP contribution in [-0.2, 0) is 12.3 Å². The number of hydrogen-bond donors (Lipinski definition) is 0. The van der Waals surface area contributed by atoms with Gasteiger partial charge >= 0.3 is 27.1 Å². The summed E-state index contributed by atoms with van der Waals surface area (Å²) in [6.45, 7) is 2.17. The summed E-state index contributed by atoms with van der Waals surface area (Å²) in [6.07, 6.45) is 0. The van der Waals surface area contributed by atoms with Gasteiger partial charge in [0, 0.05) is 0 Å². The van der Waals surface area contributed by atoms with Gasteiger partial charge in [-0.15, -0.1) is 0 Å². The lowest BCUT2D eigenvalue weighted by Crippen LogP contribution is -2.69. The van der Waals surface area contributed by atoms with E-state index in [9.17, 15) is 0 Å². The molecule has 1 aliphatic heterocycles. The van der Waals surface area contributed by atoms with Crippen LogP contribution in [0.1, 0.15) is 6.92 Å². The Kier molecular flexibility index (Phi) is 5.30. The minimum Gasteiger partial charge on any atom is -0.408 e. The van der Waals surface area contributed by atoms with E-state index in [-0.39, 0.29) is 0 Å². The predicted molar refractivity (Wildman–Crippen MR) is 109 cm³/mol. The van der Waals surface area contributed by atoms with Gasteiger partial charge in [0.1, 0.15) is 0 Å². The van der Waals surface area contributed by atoms with Gasteiger partial charge in [0.15, 0.2) is 0 Å². The first-order chi connectivity index (χ1) is 12.8. The highest BCUT2D eigenvalue weighted by Crippen LogP contribution is 2.22. The van der Waals surface area contributed by atoms with Crippen molar-refractivity contribution in [3.8, 4) is 0 Å². The quantitative estimate of drug-likeness (QED) is 0.637. The fourth-order valence-electron chi connectivity index (χ4n) is 2.99. The van der Waals surface area contributed by atoms with Gasteiger partial charge < -0.3 is 12.3 Å². The van der Waals surface area contributed by atoms with Gasteiger partial charge in [0.05, 0.1) is 0 Å². The first kappa shape index (κ1) is 17.6. The summed E-state index contributed by atoms with van der Waals surface area (Å²) >= 11 is 0. The standard InChI is InChI=1S/C20H20O3Si3/c1-2-26(20-16-10-5-11-17-20)22-24(18-12-6-3-7-13-18)21-25(23-26)19-14-8-4-9-15-19/h3-17H,2H2,1H3. The van der Waals surface area contributed by atoms with Crippen molar-refractivity contribution in [1.29, 1.82) is 0 Å². The molecule has 0 unspecified atom stereocenters. The van der Waals surface area contributed by atoms with Crippen LogP contribution in [0.2, 0.25) is 6.04 Å². The van der Waals surface area contributed by atoms with Crippen LogP contribution >= 0.6 is 0 Å². The maximum absolute atomic E-state index is 6.67. The second kappa shape index (κ2) is 7.83. The minimum absolute atomic E-state index is 0.863. The molecule has 0 aromatic heterocycles. The minimum atomic E-state index is -2.56. The highest BCUT2D eigenvalue weighted by atomic mass is 28.5. The fourth-order valence-corrected chi connectivity index (χ4v) is 13.7. The second-order valence-electron chi connectivity index (χ2n) is 6.09. The normalized spacial score (nSPS) is 17.9. The summed E-state index contributed by atoms with van der Waals surface area (Å²) in [4.78, 5) is 0. The van der Waals surface area contributed by atoms with Crippen molar-refractivity contribution in [1.82, 2.24) is 0 Å². The molecule has 0 atom stereocenters. The van der Waals surface area contributed by atoms with Crippen LogP contribution in [0.5, 0.6) is 0 Å². The molecule has 0 spiro atoms. The molecule has 0 saturated carbocycles. The summed E-state index contributed by atoms with van der Waals surface area (Å²) < 4.78 is 19.8. The first-order valence-electron chi connectivity index (χ1n) is 8.77. The van der Waals surface area contributed by atoms with Crippen molar-refractivity contribution in [2.24, 2.45) is 0 Å². The Bertz CT molecular complexity index is 783. The van der Waals surface area contributed by atoms with E-state index in [4.69, 9.17) is 12.3 Å². The Morgan fingerprint density at radius 2 is 1.08 bits per heavy atom. The number of hydrogen-bond acceptors (Lipinski definition) is 3. The maximum atomic E-state index is 6.67. The van der Waals surface area contributed by atoms with Crippen LogP contribution in [0, 0.1) is 0 Å². The van der Waals surface area contributed by atoms with Crippen molar-refractivity contribution >= 4 is 42.7 Å². The lowest BCUT2D eigenvalue weighted by Gasteiger charge is -2.41. The van der Waals surface area contributed by atoms with Gasteiger partial charge in [0.25, 0.3) is 0 Å². The summed E-state index contributed by atoms with van der Waals surface area (Å²) in [5.41, 5.74) is 0. The van der Waals surface area contributed by atoms with Crippen LogP contribution in [0.25, 0.3) is 0 Å². The molecular weight excluding hydrogens is 372 g/mol. The van der Waals surface area contributed by atoms with Crippen molar-refractivity contribution < 1.29 is 12.3 Å². The Morgan fingerprint density at radius 1 is 0.654 bits per heavy atom. The molecule has 26 heavy (non-hydrogen) atoms. The monoisotopic (exact) mass is 392 g/mol. The van der Waals surface area contributed by atoms with Gasteiger partial charge in [0.2, 0.25) is 0 Å². The highest BCUT2D eigenvalue weighted by molar-refractivity contribution is 6.95. The van der Waals surface area contributed by atoms with E-state index in [1.807, 2.05) is 42.5 Å². The molecule has 1 fully saturated rings. The third-order valence-electron chi connectivity index (χ3n) is 4.40. The Labute approximate surface area is 159 Å². The molecular formula is C20H20O3Si3. The van der Waals surface area contributed by atoms with Gasteiger partial charge in [-0.2, -0.15) is 0 Å². The van der Waals surface area contributed by atoms with E-state index < -0.39 is 27.1 Å². The first-order valence-corrected chi connectivity index (χ1v) is 13.4. The molecule has 0 bridgehead atoms. The largest absolute Gasteiger partial charge is 0.408 e. The smallest absolute Gasteiger partial charge is 0.405 e. The molecule has 0 amide bonds. The van der Waals surface area contributed by atoms with Gasteiger partial charge in [-0.1, -0.05) is 97.9 Å². The van der Waals surface area contributed by atoms with E-state index >= 15 is 0 Å². The highest BCUT2D eigenvalue weighted by Gasteiger charge is 2.50. The molecule has 3 nitrogen and oxygen atoms in total. The summed E-state index contributed by atoms with van der Waals surface area (Å²) in [7, 11) is -5.77. The van der Waals surface area contributed by atoms with E-state index in [2.05, 4.69) is 55.5 Å². The van der Waals surface area contributed by atoms with Gasteiger partial charge in [-0.25, -0.2) is 0 Å². The molecule has 0 N–H and O–H groups in total. The maximum Gasteiger partial charge on any atom is 0.405 e. The van der Waals surface area contributed by atoms with Crippen LogP contribution < -0.4 is 15.6 Å². The third kappa shape index (κ3) is 3.52. The molecule has 1 aliphatic rings. The molecule has 0 aliphatic carbocycles. The van der Waals surface area contributed by atoms with Gasteiger partial charge in [-0.3, -0.25) is 0 Å². The molecule has 3 aromatic rings. The summed E-state index contributed by atoms with van der Waals surface area (Å²) in [5.74, 6) is 0. The Hall–Kier alpha value is -1.81. The average Bonchev–Trinajstić information content (AvgIpc) is 2.75. The number of rotatable bonds is 4. The lowest BCUT2D eigenvalue weighted by atomic mass is 10.4. The van der Waals surface area contributed by atoms with Gasteiger partial charge in [-0.05, 0) is 21.6 Å². The molecule has 2 radical (unpaired) electrons. The molecule has 130 valence electrons. The van der Waals surface area contributed by atoms with E-state index in [0.29, 0.717) is 0 Å². The Morgan fingerprint density at radius 3 is 1.50 bits per heavy atom. The van der Waals surface area contributed by atoms with Crippen molar-refractivity contribution in [2.45, 2.75) is 13.0 Å². The second-order valence-corrected chi connectivity index (χ2v) is 13.6. The number of benzene rings is 3. The van der Waals surface area contributed by atoms with Crippen molar-refractivity contribution in [3.63, 3.8) is 0 Å². The van der Waals surface area contributed by atoms with Crippen LogP contribution in [-0.4, -0.2) is 27.1 Å². The molecule has 4 rings (SSSR count). The van der Waals surface area contributed by atoms with E-state index in [1.165, 1.54) is 5.19 Å².